The molecule has 0 unspecified atom stereocenters. The van der Waals surface area contributed by atoms with Gasteiger partial charge in [0.05, 0.1) is 0 Å². The van der Waals surface area contributed by atoms with Gasteiger partial charge in [-0.05, 0) is 95.3 Å². The van der Waals surface area contributed by atoms with Gasteiger partial charge in [0.2, 0.25) is 0 Å². The van der Waals surface area contributed by atoms with Crippen molar-refractivity contribution >= 4 is 0 Å². The third-order valence-corrected chi connectivity index (χ3v) is 9.53. The van der Waals surface area contributed by atoms with Crippen molar-refractivity contribution < 1.29 is 9.47 Å². The van der Waals surface area contributed by atoms with E-state index in [-0.39, 0.29) is 0 Å². The molecule has 0 radical (unpaired) electrons. The van der Waals surface area contributed by atoms with E-state index >= 15 is 0 Å². The van der Waals surface area contributed by atoms with Crippen LogP contribution in [0.1, 0.15) is 181 Å². The minimum absolute atomic E-state index is 0.415. The van der Waals surface area contributed by atoms with Gasteiger partial charge in [-0.3, -0.25) is 0 Å². The number of ether oxygens (including phenoxy) is 2. The molecule has 0 spiro atoms. The van der Waals surface area contributed by atoms with Crippen molar-refractivity contribution in [2.45, 2.75) is 181 Å². The highest BCUT2D eigenvalue weighted by Gasteiger charge is 2.35. The minimum atomic E-state index is 0.415. The standard InChI is InChI=1S/C43H79NO2/c1-3-5-7-9-11-13-15-17-19-21-23-25-27-29-31-33-37-45-39-35-43(41-44-42-43)36-40-46-38-34-32-30-28-26-24-22-20-18-16-14-12-10-8-6-4-2/h11-14,17-20,44H,3-10,15-16,21-42H2,1-2H3. The van der Waals surface area contributed by atoms with Crippen molar-refractivity contribution in [3.63, 3.8) is 0 Å². The Morgan fingerprint density at radius 1 is 0.413 bits per heavy atom. The summed E-state index contributed by atoms with van der Waals surface area (Å²) in [6.07, 6.45) is 52.3. The largest absolute Gasteiger partial charge is 0.381 e. The van der Waals surface area contributed by atoms with E-state index in [0.717, 1.165) is 52.4 Å². The van der Waals surface area contributed by atoms with E-state index in [9.17, 15) is 0 Å². The lowest BCUT2D eigenvalue weighted by Gasteiger charge is -2.43. The van der Waals surface area contributed by atoms with E-state index in [4.69, 9.17) is 9.47 Å². The van der Waals surface area contributed by atoms with Crippen LogP contribution < -0.4 is 5.32 Å². The molecule has 0 aromatic carbocycles. The summed E-state index contributed by atoms with van der Waals surface area (Å²) in [5, 5.41) is 3.50. The monoisotopic (exact) mass is 642 g/mol. The molecule has 1 aliphatic rings. The summed E-state index contributed by atoms with van der Waals surface area (Å²) < 4.78 is 12.1. The van der Waals surface area contributed by atoms with Crippen molar-refractivity contribution in [2.75, 3.05) is 39.5 Å². The molecule has 0 aliphatic carbocycles. The molecule has 1 N–H and O–H groups in total. The topological polar surface area (TPSA) is 30.5 Å². The lowest BCUT2D eigenvalue weighted by molar-refractivity contribution is 0.0283. The Morgan fingerprint density at radius 3 is 1.11 bits per heavy atom. The van der Waals surface area contributed by atoms with Gasteiger partial charge in [-0.2, -0.15) is 0 Å². The van der Waals surface area contributed by atoms with Crippen molar-refractivity contribution in [2.24, 2.45) is 5.41 Å². The van der Waals surface area contributed by atoms with Crippen molar-refractivity contribution in [1.29, 1.82) is 0 Å². The average molecular weight is 642 g/mol. The molecule has 1 rings (SSSR count). The molecule has 3 nitrogen and oxygen atoms in total. The van der Waals surface area contributed by atoms with E-state index in [2.05, 4.69) is 67.8 Å². The molecule has 1 aliphatic heterocycles. The predicted molar refractivity (Wildman–Crippen MR) is 205 cm³/mol. The first-order valence-corrected chi connectivity index (χ1v) is 20.3. The lowest BCUT2D eigenvalue weighted by Crippen LogP contribution is -2.54. The molecule has 0 bridgehead atoms. The summed E-state index contributed by atoms with van der Waals surface area (Å²) in [5.74, 6) is 0. The number of hydrogen-bond acceptors (Lipinski definition) is 3. The number of allylic oxidation sites excluding steroid dienone is 8. The Hall–Kier alpha value is -1.16. The van der Waals surface area contributed by atoms with Crippen LogP contribution in [0, 0.1) is 5.41 Å². The first kappa shape index (κ1) is 42.9. The van der Waals surface area contributed by atoms with Crippen molar-refractivity contribution in [3.8, 4) is 0 Å². The third kappa shape index (κ3) is 29.0. The van der Waals surface area contributed by atoms with Crippen LogP contribution in [0.25, 0.3) is 0 Å². The lowest BCUT2D eigenvalue weighted by atomic mass is 9.76. The first-order chi connectivity index (χ1) is 22.8. The Bertz CT molecular complexity index is 664. The molecule has 46 heavy (non-hydrogen) atoms. The first-order valence-electron chi connectivity index (χ1n) is 20.3. The molecular formula is C43H79NO2. The van der Waals surface area contributed by atoms with Crippen molar-refractivity contribution in [3.05, 3.63) is 48.6 Å². The zero-order valence-electron chi connectivity index (χ0n) is 31.1. The summed E-state index contributed by atoms with van der Waals surface area (Å²) in [7, 11) is 0. The highest BCUT2D eigenvalue weighted by Crippen LogP contribution is 2.31. The Kier molecular flexibility index (Phi) is 32.8. The summed E-state index contributed by atoms with van der Waals surface area (Å²) in [6, 6.07) is 0. The fourth-order valence-corrected chi connectivity index (χ4v) is 6.12. The SMILES string of the molecule is CCCCCC=CCC=CCCCCCCCCOCCC1(CCOCCCCCCCCC=CCC=CCCCCC)CNC1. The molecular weight excluding hydrogens is 562 g/mol. The summed E-state index contributed by atoms with van der Waals surface area (Å²) in [5.41, 5.74) is 0.415. The Labute approximate surface area is 288 Å². The summed E-state index contributed by atoms with van der Waals surface area (Å²) in [4.78, 5) is 0. The van der Waals surface area contributed by atoms with E-state index in [1.165, 1.54) is 154 Å². The van der Waals surface area contributed by atoms with E-state index in [1.54, 1.807) is 0 Å². The Morgan fingerprint density at radius 2 is 0.761 bits per heavy atom. The van der Waals surface area contributed by atoms with Crippen LogP contribution in [0.15, 0.2) is 48.6 Å². The van der Waals surface area contributed by atoms with Crippen LogP contribution in [-0.2, 0) is 9.47 Å². The van der Waals surface area contributed by atoms with Gasteiger partial charge < -0.3 is 14.8 Å². The molecule has 1 heterocycles. The highest BCUT2D eigenvalue weighted by atomic mass is 16.5. The van der Waals surface area contributed by atoms with Crippen molar-refractivity contribution in [1.82, 2.24) is 5.32 Å². The number of rotatable bonds is 36. The number of nitrogens with one attached hydrogen (secondary N) is 1. The molecule has 0 amide bonds. The second kappa shape index (κ2) is 35.2. The van der Waals surface area contributed by atoms with Crippen LogP contribution >= 0.6 is 0 Å². The maximum atomic E-state index is 6.04. The predicted octanol–water partition coefficient (Wildman–Crippen LogP) is 13.0. The van der Waals surface area contributed by atoms with Crippen LogP contribution in [0.5, 0.6) is 0 Å². The molecule has 0 aromatic heterocycles. The van der Waals surface area contributed by atoms with E-state index in [0.29, 0.717) is 5.41 Å². The zero-order chi connectivity index (χ0) is 32.9. The smallest absolute Gasteiger partial charge is 0.0472 e. The second-order valence-electron chi connectivity index (χ2n) is 14.0. The fourth-order valence-electron chi connectivity index (χ4n) is 6.12. The fraction of sp³-hybridized carbons (Fsp3) is 0.814. The van der Waals surface area contributed by atoms with Gasteiger partial charge in [-0.1, -0.05) is 140 Å². The van der Waals surface area contributed by atoms with E-state index < -0.39 is 0 Å². The number of hydrogen-bond donors (Lipinski definition) is 1. The van der Waals surface area contributed by atoms with Gasteiger partial charge in [0.1, 0.15) is 0 Å². The maximum Gasteiger partial charge on any atom is 0.0472 e. The molecule has 0 aromatic rings. The zero-order valence-corrected chi connectivity index (χ0v) is 31.1. The summed E-state index contributed by atoms with van der Waals surface area (Å²) >= 11 is 0. The molecule has 3 heteroatoms. The van der Waals surface area contributed by atoms with Gasteiger partial charge >= 0.3 is 0 Å². The highest BCUT2D eigenvalue weighted by molar-refractivity contribution is 4.94. The quantitative estimate of drug-likeness (QED) is 0.0545. The van der Waals surface area contributed by atoms with Gasteiger partial charge in [-0.15, -0.1) is 0 Å². The van der Waals surface area contributed by atoms with E-state index in [1.807, 2.05) is 0 Å². The molecule has 1 saturated heterocycles. The maximum absolute atomic E-state index is 6.04. The van der Waals surface area contributed by atoms with Crippen LogP contribution in [0.3, 0.4) is 0 Å². The average Bonchev–Trinajstić information content (AvgIpc) is 3.05. The molecule has 268 valence electrons. The van der Waals surface area contributed by atoms with Crippen LogP contribution in [-0.4, -0.2) is 39.5 Å². The Balaban J connectivity index is 1.82. The third-order valence-electron chi connectivity index (χ3n) is 9.53. The van der Waals surface area contributed by atoms with Crippen LogP contribution in [0.4, 0.5) is 0 Å². The normalized spacial score (nSPS) is 14.9. The minimum Gasteiger partial charge on any atom is -0.381 e. The molecule has 1 fully saturated rings. The van der Waals surface area contributed by atoms with Gasteiger partial charge in [-0.25, -0.2) is 0 Å². The van der Waals surface area contributed by atoms with Gasteiger partial charge in [0.15, 0.2) is 0 Å². The van der Waals surface area contributed by atoms with Crippen LogP contribution in [0.2, 0.25) is 0 Å². The number of unbranched alkanes of at least 4 members (excludes halogenated alkanes) is 18. The molecule has 0 saturated carbocycles. The molecule has 0 atom stereocenters. The van der Waals surface area contributed by atoms with Gasteiger partial charge in [0, 0.05) is 39.5 Å². The van der Waals surface area contributed by atoms with Gasteiger partial charge in [0.25, 0.3) is 0 Å². The second-order valence-corrected chi connectivity index (χ2v) is 14.0. The summed E-state index contributed by atoms with van der Waals surface area (Å²) in [6.45, 7) is 10.5.